The first kappa shape index (κ1) is 13.5. The van der Waals surface area contributed by atoms with Crippen molar-refractivity contribution in [1.29, 1.82) is 0 Å². The van der Waals surface area contributed by atoms with Gasteiger partial charge in [-0.1, -0.05) is 13.3 Å². The van der Waals surface area contributed by atoms with Crippen LogP contribution in [0.15, 0.2) is 18.2 Å². The van der Waals surface area contributed by atoms with Gasteiger partial charge in [-0.3, -0.25) is 14.9 Å². The normalized spacial score (nSPS) is 20.7. The number of unbranched alkanes of at least 4 members (excludes halogenated alkanes) is 1. The predicted octanol–water partition coefficient (Wildman–Crippen LogP) is 3.05. The second kappa shape index (κ2) is 4.99. The number of nitrogens with zero attached hydrogens (tertiary/aromatic N) is 1. The first-order chi connectivity index (χ1) is 8.98. The number of ether oxygens (including phenoxy) is 1. The van der Waals surface area contributed by atoms with Crippen LogP contribution < -0.4 is 4.74 Å². The number of ketones is 1. The van der Waals surface area contributed by atoms with Crippen LogP contribution in [0, 0.1) is 10.1 Å². The summed E-state index contributed by atoms with van der Waals surface area (Å²) < 4.78 is 5.82. The third-order valence-electron chi connectivity index (χ3n) is 3.61. The molecule has 1 atom stereocenters. The van der Waals surface area contributed by atoms with E-state index in [4.69, 9.17) is 4.74 Å². The molecule has 1 aliphatic rings. The van der Waals surface area contributed by atoms with E-state index in [-0.39, 0.29) is 11.5 Å². The van der Waals surface area contributed by atoms with Gasteiger partial charge < -0.3 is 4.74 Å². The van der Waals surface area contributed by atoms with Crippen LogP contribution in [0.5, 0.6) is 5.75 Å². The Morgan fingerprint density at radius 2 is 2.26 bits per heavy atom. The van der Waals surface area contributed by atoms with E-state index in [9.17, 15) is 14.9 Å². The third-order valence-corrected chi connectivity index (χ3v) is 3.61. The molecule has 2 rings (SSSR count). The SMILES string of the molecule is CCCCC1(C(C)=O)Cc2cc([N+](=O)[O-])ccc2O1. The molecule has 5 heteroatoms. The lowest BCUT2D eigenvalue weighted by Crippen LogP contribution is -2.41. The predicted molar refractivity (Wildman–Crippen MR) is 70.4 cm³/mol. The number of rotatable bonds is 5. The molecule has 0 aromatic heterocycles. The van der Waals surface area contributed by atoms with Crippen LogP contribution in [0.25, 0.3) is 0 Å². The van der Waals surface area contributed by atoms with Crippen molar-refractivity contribution in [3.63, 3.8) is 0 Å². The number of non-ortho nitro benzene ring substituents is 1. The van der Waals surface area contributed by atoms with E-state index in [1.54, 1.807) is 6.07 Å². The highest BCUT2D eigenvalue weighted by Gasteiger charge is 2.43. The summed E-state index contributed by atoms with van der Waals surface area (Å²) in [7, 11) is 0. The molecule has 0 saturated heterocycles. The van der Waals surface area contributed by atoms with Crippen LogP contribution in [-0.2, 0) is 11.2 Å². The number of benzene rings is 1. The van der Waals surface area contributed by atoms with Crippen molar-refractivity contribution < 1.29 is 14.5 Å². The summed E-state index contributed by atoms with van der Waals surface area (Å²) in [4.78, 5) is 22.2. The van der Waals surface area contributed by atoms with Crippen LogP contribution in [-0.4, -0.2) is 16.3 Å². The lowest BCUT2D eigenvalue weighted by atomic mass is 9.88. The summed E-state index contributed by atoms with van der Waals surface area (Å²) in [6, 6.07) is 4.50. The van der Waals surface area contributed by atoms with Gasteiger partial charge in [-0.05, 0) is 25.8 Å². The maximum atomic E-state index is 11.9. The highest BCUT2D eigenvalue weighted by atomic mass is 16.6. The van der Waals surface area contributed by atoms with Crippen LogP contribution in [0.4, 0.5) is 5.69 Å². The van der Waals surface area contributed by atoms with Crippen molar-refractivity contribution in [1.82, 2.24) is 0 Å². The maximum absolute atomic E-state index is 11.9. The number of hydrogen-bond donors (Lipinski definition) is 0. The van der Waals surface area contributed by atoms with E-state index in [0.717, 1.165) is 18.4 Å². The van der Waals surface area contributed by atoms with Gasteiger partial charge in [-0.25, -0.2) is 0 Å². The van der Waals surface area contributed by atoms with Crippen LogP contribution in [0.3, 0.4) is 0 Å². The number of Topliss-reactive ketones (excluding diaryl/α,β-unsaturated/α-hetero) is 1. The second-order valence-corrected chi connectivity index (χ2v) is 4.98. The van der Waals surface area contributed by atoms with Crippen molar-refractivity contribution >= 4 is 11.5 Å². The molecular weight excluding hydrogens is 246 g/mol. The van der Waals surface area contributed by atoms with Crippen molar-refractivity contribution in [3.05, 3.63) is 33.9 Å². The van der Waals surface area contributed by atoms with Gasteiger partial charge in [0.15, 0.2) is 11.4 Å². The minimum Gasteiger partial charge on any atom is -0.479 e. The van der Waals surface area contributed by atoms with Crippen LogP contribution >= 0.6 is 0 Å². The van der Waals surface area contributed by atoms with Crippen molar-refractivity contribution in [2.45, 2.75) is 45.1 Å². The molecule has 0 saturated carbocycles. The minimum absolute atomic E-state index is 0.0141. The van der Waals surface area contributed by atoms with Crippen molar-refractivity contribution in [3.8, 4) is 5.75 Å². The Balaban J connectivity index is 2.30. The number of nitro benzene ring substituents is 1. The van der Waals surface area contributed by atoms with Gasteiger partial charge in [0, 0.05) is 24.1 Å². The molecule has 1 aromatic carbocycles. The summed E-state index contributed by atoms with van der Waals surface area (Å²) in [5, 5.41) is 10.8. The van der Waals surface area contributed by atoms with Gasteiger partial charge in [-0.15, -0.1) is 0 Å². The van der Waals surface area contributed by atoms with E-state index in [1.165, 1.54) is 19.1 Å². The quantitative estimate of drug-likeness (QED) is 0.604. The fourth-order valence-corrected chi connectivity index (χ4v) is 2.45. The van der Waals surface area contributed by atoms with Crippen molar-refractivity contribution in [2.75, 3.05) is 0 Å². The third kappa shape index (κ3) is 2.45. The summed E-state index contributed by atoms with van der Waals surface area (Å²) >= 11 is 0. The van der Waals surface area contributed by atoms with Gasteiger partial charge in [0.05, 0.1) is 4.92 Å². The molecule has 0 spiro atoms. The maximum Gasteiger partial charge on any atom is 0.269 e. The zero-order valence-corrected chi connectivity index (χ0v) is 11.1. The summed E-state index contributed by atoms with van der Waals surface area (Å²) in [5.74, 6) is 0.580. The van der Waals surface area contributed by atoms with Gasteiger partial charge in [-0.2, -0.15) is 0 Å². The molecule has 102 valence electrons. The monoisotopic (exact) mass is 263 g/mol. The molecule has 1 unspecified atom stereocenters. The molecule has 0 fully saturated rings. The van der Waals surface area contributed by atoms with E-state index < -0.39 is 10.5 Å². The van der Waals surface area contributed by atoms with Gasteiger partial charge in [0.1, 0.15) is 5.75 Å². The second-order valence-electron chi connectivity index (χ2n) is 4.98. The fraction of sp³-hybridized carbons (Fsp3) is 0.500. The molecule has 1 aliphatic heterocycles. The Labute approximate surface area is 111 Å². The number of carbonyl (C=O) groups is 1. The standard InChI is InChI=1S/C14H17NO4/c1-3-4-7-14(10(2)16)9-11-8-12(15(17)18)5-6-13(11)19-14/h5-6,8H,3-4,7,9H2,1-2H3. The van der Waals surface area contributed by atoms with Crippen LogP contribution in [0.1, 0.15) is 38.7 Å². The minimum atomic E-state index is -0.826. The van der Waals surface area contributed by atoms with E-state index >= 15 is 0 Å². The lowest BCUT2D eigenvalue weighted by molar-refractivity contribution is -0.384. The average Bonchev–Trinajstić information content (AvgIpc) is 2.75. The smallest absolute Gasteiger partial charge is 0.269 e. The lowest BCUT2D eigenvalue weighted by Gasteiger charge is -2.25. The zero-order valence-electron chi connectivity index (χ0n) is 11.1. The largest absolute Gasteiger partial charge is 0.479 e. The number of nitro groups is 1. The molecule has 1 heterocycles. The van der Waals surface area contributed by atoms with Crippen LogP contribution in [0.2, 0.25) is 0 Å². The summed E-state index contributed by atoms with van der Waals surface area (Å²) in [6.45, 7) is 3.58. The molecule has 0 amide bonds. The highest BCUT2D eigenvalue weighted by Crippen LogP contribution is 2.40. The number of carbonyl (C=O) groups excluding carboxylic acids is 1. The zero-order chi connectivity index (χ0) is 14.0. The van der Waals surface area contributed by atoms with Gasteiger partial charge >= 0.3 is 0 Å². The van der Waals surface area contributed by atoms with E-state index in [2.05, 4.69) is 6.92 Å². The number of hydrogen-bond acceptors (Lipinski definition) is 4. The van der Waals surface area contributed by atoms with Gasteiger partial charge in [0.2, 0.25) is 0 Å². The Morgan fingerprint density at radius 3 is 2.84 bits per heavy atom. The first-order valence-corrected chi connectivity index (χ1v) is 6.46. The summed E-state index contributed by atoms with van der Waals surface area (Å²) in [5.41, 5.74) is -0.0363. The van der Waals surface area contributed by atoms with E-state index in [0.29, 0.717) is 18.6 Å². The number of fused-ring (bicyclic) bond motifs is 1. The molecule has 0 aliphatic carbocycles. The highest BCUT2D eigenvalue weighted by molar-refractivity contribution is 5.87. The average molecular weight is 263 g/mol. The molecule has 5 nitrogen and oxygen atoms in total. The molecular formula is C14H17NO4. The molecule has 0 bridgehead atoms. The first-order valence-electron chi connectivity index (χ1n) is 6.46. The Bertz CT molecular complexity index is 526. The topological polar surface area (TPSA) is 69.4 Å². The van der Waals surface area contributed by atoms with Gasteiger partial charge in [0.25, 0.3) is 5.69 Å². The Morgan fingerprint density at radius 1 is 1.53 bits per heavy atom. The van der Waals surface area contributed by atoms with Crippen molar-refractivity contribution in [2.24, 2.45) is 0 Å². The Kier molecular flexibility index (Phi) is 3.55. The molecule has 0 N–H and O–H groups in total. The Hall–Kier alpha value is -1.91. The molecule has 19 heavy (non-hydrogen) atoms. The fourth-order valence-electron chi connectivity index (χ4n) is 2.45. The summed E-state index contributed by atoms with van der Waals surface area (Å²) in [6.07, 6.45) is 2.96. The molecule has 0 radical (unpaired) electrons. The molecule has 1 aromatic rings. The van der Waals surface area contributed by atoms with E-state index in [1.807, 2.05) is 0 Å².